The molecule has 0 aliphatic rings. The van der Waals surface area contributed by atoms with Crippen LogP contribution >= 0.6 is 0 Å². The Bertz CT molecular complexity index is 731. The Labute approximate surface area is 126 Å². The van der Waals surface area contributed by atoms with Crippen LogP contribution in [0.4, 0.5) is 4.39 Å². The van der Waals surface area contributed by atoms with E-state index < -0.39 is 0 Å². The molecule has 104 valence electrons. The van der Waals surface area contributed by atoms with Gasteiger partial charge in [0.25, 0.3) is 0 Å². The predicted molar refractivity (Wildman–Crippen MR) is 85.3 cm³/mol. The summed E-state index contributed by atoms with van der Waals surface area (Å²) in [6.45, 7) is 3.78. The van der Waals surface area contributed by atoms with Gasteiger partial charge in [0.05, 0.1) is 0 Å². The lowest BCUT2D eigenvalue weighted by molar-refractivity contribution is 0.618. The fourth-order valence-corrected chi connectivity index (χ4v) is 1.81. The minimum absolute atomic E-state index is 0.216. The molecule has 0 unspecified atom stereocenters. The maximum absolute atomic E-state index is 13.4. The standard InChI is InChI=1S/C20H17F/c1-3-4-5-6-17-9-11-18(12-10-17)13-14-19-8-7-16(2)20(21)15-19/h7-12,15H,3,6H2,1-2H3. The molecule has 2 aromatic carbocycles. The van der Waals surface area contributed by atoms with Gasteiger partial charge < -0.3 is 0 Å². The summed E-state index contributed by atoms with van der Waals surface area (Å²) in [5, 5.41) is 0. The molecule has 0 fully saturated rings. The number of aryl methyl sites for hydroxylation is 1. The molecule has 0 nitrogen and oxygen atoms in total. The third-order valence-corrected chi connectivity index (χ3v) is 3.07. The highest BCUT2D eigenvalue weighted by molar-refractivity contribution is 5.44. The van der Waals surface area contributed by atoms with Gasteiger partial charge in [-0.3, -0.25) is 0 Å². The van der Waals surface area contributed by atoms with Crippen molar-refractivity contribution in [1.29, 1.82) is 0 Å². The zero-order chi connectivity index (χ0) is 15.1. The lowest BCUT2D eigenvalue weighted by Gasteiger charge is -1.97. The van der Waals surface area contributed by atoms with E-state index in [0.717, 1.165) is 18.4 Å². The molecule has 0 bridgehead atoms. The van der Waals surface area contributed by atoms with E-state index in [1.165, 1.54) is 11.6 Å². The first kappa shape index (κ1) is 14.9. The smallest absolute Gasteiger partial charge is 0.127 e. The van der Waals surface area contributed by atoms with Crippen LogP contribution in [0, 0.1) is 36.4 Å². The first-order valence-corrected chi connectivity index (χ1v) is 7.02. The van der Waals surface area contributed by atoms with Crippen LogP contribution in [0.1, 0.15) is 35.6 Å². The van der Waals surface area contributed by atoms with E-state index >= 15 is 0 Å². The van der Waals surface area contributed by atoms with Crippen molar-refractivity contribution < 1.29 is 4.39 Å². The first-order valence-electron chi connectivity index (χ1n) is 7.02. The molecule has 0 amide bonds. The van der Waals surface area contributed by atoms with E-state index in [9.17, 15) is 4.39 Å². The van der Waals surface area contributed by atoms with Gasteiger partial charge >= 0.3 is 0 Å². The van der Waals surface area contributed by atoms with Crippen LogP contribution in [0.15, 0.2) is 42.5 Å². The SMILES string of the molecule is CCC#CCc1ccc(C#Cc2ccc(C)c(F)c2)cc1. The monoisotopic (exact) mass is 276 g/mol. The Balaban J connectivity index is 2.10. The van der Waals surface area contributed by atoms with Crippen LogP contribution in [-0.4, -0.2) is 0 Å². The molecule has 0 aliphatic carbocycles. The van der Waals surface area contributed by atoms with Crippen molar-refractivity contribution >= 4 is 0 Å². The molecular weight excluding hydrogens is 259 g/mol. The second-order valence-electron chi connectivity index (χ2n) is 4.79. The highest BCUT2D eigenvalue weighted by atomic mass is 19.1. The van der Waals surface area contributed by atoms with Crippen LogP contribution in [-0.2, 0) is 6.42 Å². The van der Waals surface area contributed by atoms with E-state index in [1.54, 1.807) is 13.0 Å². The van der Waals surface area contributed by atoms with Crippen molar-refractivity contribution in [2.24, 2.45) is 0 Å². The summed E-state index contributed by atoms with van der Waals surface area (Å²) in [6.07, 6.45) is 1.65. The van der Waals surface area contributed by atoms with Crippen molar-refractivity contribution in [1.82, 2.24) is 0 Å². The van der Waals surface area contributed by atoms with Crippen molar-refractivity contribution in [3.8, 4) is 23.7 Å². The summed E-state index contributed by atoms with van der Waals surface area (Å²) in [7, 11) is 0. The van der Waals surface area contributed by atoms with E-state index in [-0.39, 0.29) is 5.82 Å². The molecule has 1 heteroatoms. The molecule has 0 radical (unpaired) electrons. The molecule has 0 N–H and O–H groups in total. The number of hydrogen-bond donors (Lipinski definition) is 0. The van der Waals surface area contributed by atoms with Crippen LogP contribution in [0.2, 0.25) is 0 Å². The Hall–Kier alpha value is -2.51. The van der Waals surface area contributed by atoms with Crippen molar-refractivity contribution in [2.75, 3.05) is 0 Å². The summed E-state index contributed by atoms with van der Waals surface area (Å²) >= 11 is 0. The molecule has 2 aromatic rings. The van der Waals surface area contributed by atoms with Crippen LogP contribution in [0.5, 0.6) is 0 Å². The summed E-state index contributed by atoms with van der Waals surface area (Å²) in [5.74, 6) is 12.0. The Morgan fingerprint density at radius 1 is 0.905 bits per heavy atom. The molecule has 0 heterocycles. The summed E-state index contributed by atoms with van der Waals surface area (Å²) in [5.41, 5.74) is 3.43. The molecule has 2 rings (SSSR count). The summed E-state index contributed by atoms with van der Waals surface area (Å²) in [4.78, 5) is 0. The fraction of sp³-hybridized carbons (Fsp3) is 0.200. The summed E-state index contributed by atoms with van der Waals surface area (Å²) < 4.78 is 13.4. The molecule has 0 saturated heterocycles. The van der Waals surface area contributed by atoms with Crippen LogP contribution in [0.25, 0.3) is 0 Å². The minimum Gasteiger partial charge on any atom is -0.207 e. The molecule has 0 saturated carbocycles. The van der Waals surface area contributed by atoms with E-state index in [1.807, 2.05) is 37.3 Å². The average molecular weight is 276 g/mol. The third kappa shape index (κ3) is 4.51. The number of hydrogen-bond acceptors (Lipinski definition) is 0. The lowest BCUT2D eigenvalue weighted by Crippen LogP contribution is -1.84. The van der Waals surface area contributed by atoms with Crippen molar-refractivity contribution in [2.45, 2.75) is 26.7 Å². The molecule has 0 atom stereocenters. The van der Waals surface area contributed by atoms with Crippen LogP contribution < -0.4 is 0 Å². The van der Waals surface area contributed by atoms with Gasteiger partial charge in [-0.25, -0.2) is 4.39 Å². The van der Waals surface area contributed by atoms with Gasteiger partial charge in [0.2, 0.25) is 0 Å². The third-order valence-electron chi connectivity index (χ3n) is 3.07. The van der Waals surface area contributed by atoms with E-state index in [2.05, 4.69) is 23.7 Å². The lowest BCUT2D eigenvalue weighted by atomic mass is 10.1. The molecule has 0 spiro atoms. The van der Waals surface area contributed by atoms with Gasteiger partial charge in [0, 0.05) is 24.0 Å². The van der Waals surface area contributed by atoms with E-state index in [0.29, 0.717) is 11.1 Å². The van der Waals surface area contributed by atoms with Gasteiger partial charge in [-0.15, -0.1) is 5.92 Å². The largest absolute Gasteiger partial charge is 0.207 e. The highest BCUT2D eigenvalue weighted by Gasteiger charge is 1.96. The maximum atomic E-state index is 13.4. The Morgan fingerprint density at radius 2 is 1.57 bits per heavy atom. The average Bonchev–Trinajstić information content (AvgIpc) is 2.50. The summed E-state index contributed by atoms with van der Waals surface area (Å²) in [6, 6.07) is 13.1. The quantitative estimate of drug-likeness (QED) is 0.673. The Kier molecular flexibility index (Phi) is 5.19. The topological polar surface area (TPSA) is 0 Å². The Morgan fingerprint density at radius 3 is 2.24 bits per heavy atom. The van der Waals surface area contributed by atoms with Gasteiger partial charge in [-0.05, 0) is 42.3 Å². The second-order valence-corrected chi connectivity index (χ2v) is 4.79. The van der Waals surface area contributed by atoms with Gasteiger partial charge in [-0.2, -0.15) is 0 Å². The molecule has 0 aliphatic heterocycles. The molecule has 21 heavy (non-hydrogen) atoms. The number of rotatable bonds is 1. The fourth-order valence-electron chi connectivity index (χ4n) is 1.81. The molecule has 0 aromatic heterocycles. The first-order chi connectivity index (χ1) is 10.2. The van der Waals surface area contributed by atoms with E-state index in [4.69, 9.17) is 0 Å². The molecular formula is C20H17F. The normalized spacial score (nSPS) is 9.29. The number of halogens is 1. The van der Waals surface area contributed by atoms with Crippen LogP contribution in [0.3, 0.4) is 0 Å². The zero-order valence-electron chi connectivity index (χ0n) is 12.3. The van der Waals surface area contributed by atoms with Gasteiger partial charge in [0.15, 0.2) is 0 Å². The zero-order valence-corrected chi connectivity index (χ0v) is 12.3. The van der Waals surface area contributed by atoms with Gasteiger partial charge in [-0.1, -0.05) is 42.9 Å². The predicted octanol–water partition coefficient (Wildman–Crippen LogP) is 4.49. The van der Waals surface area contributed by atoms with Crippen molar-refractivity contribution in [3.05, 3.63) is 70.5 Å². The van der Waals surface area contributed by atoms with Crippen molar-refractivity contribution in [3.63, 3.8) is 0 Å². The number of benzene rings is 2. The maximum Gasteiger partial charge on any atom is 0.127 e. The second kappa shape index (κ2) is 7.32. The van der Waals surface area contributed by atoms with Gasteiger partial charge in [0.1, 0.15) is 5.82 Å². The minimum atomic E-state index is -0.216. The highest BCUT2D eigenvalue weighted by Crippen LogP contribution is 2.09.